The Morgan fingerprint density at radius 1 is 1.14 bits per heavy atom. The number of nitrogens with one attached hydrogen (secondary N) is 1. The van der Waals surface area contributed by atoms with Crippen molar-refractivity contribution in [2.24, 2.45) is 0 Å². The van der Waals surface area contributed by atoms with Crippen molar-refractivity contribution < 1.29 is 9.32 Å². The fraction of sp³-hybridized carbons (Fsp3) is 0.125. The van der Waals surface area contributed by atoms with Crippen LogP contribution in [0.4, 0.5) is 5.69 Å². The first-order valence-electron chi connectivity index (χ1n) is 6.54. The zero-order valence-electron chi connectivity index (χ0n) is 11.2. The molecule has 2 aromatic carbocycles. The summed E-state index contributed by atoms with van der Waals surface area (Å²) in [5.41, 5.74) is 3.08. The van der Waals surface area contributed by atoms with E-state index in [1.807, 2.05) is 48.5 Å². The molecule has 0 bridgehead atoms. The first-order valence-corrected chi connectivity index (χ1v) is 7.08. The van der Waals surface area contributed by atoms with E-state index in [1.54, 1.807) is 0 Å². The van der Waals surface area contributed by atoms with E-state index >= 15 is 0 Å². The summed E-state index contributed by atoms with van der Waals surface area (Å²) in [7, 11) is 0. The van der Waals surface area contributed by atoms with Gasteiger partial charge in [0, 0.05) is 17.0 Å². The molecule has 1 aromatic heterocycles. The number of para-hydroxylation sites is 1. The lowest BCUT2D eigenvalue weighted by molar-refractivity contribution is -0.115. The molecule has 0 atom stereocenters. The van der Waals surface area contributed by atoms with Crippen molar-refractivity contribution in [1.82, 2.24) is 5.16 Å². The summed E-state index contributed by atoms with van der Waals surface area (Å²) in [4.78, 5) is 12.1. The average molecular weight is 301 g/mol. The van der Waals surface area contributed by atoms with Gasteiger partial charge in [0.15, 0.2) is 5.58 Å². The maximum Gasteiger partial charge on any atom is 0.230 e. The van der Waals surface area contributed by atoms with E-state index in [9.17, 15) is 4.79 Å². The number of carbonyl (C=O) groups excluding carboxylic acids is 1. The number of benzene rings is 2. The molecule has 0 aliphatic carbocycles. The number of hydrogen-bond donors (Lipinski definition) is 1. The highest BCUT2D eigenvalue weighted by Crippen LogP contribution is 2.19. The lowest BCUT2D eigenvalue weighted by Gasteiger charge is -2.04. The molecule has 0 fully saturated rings. The summed E-state index contributed by atoms with van der Waals surface area (Å²) in [5.74, 6) is 0.326. The largest absolute Gasteiger partial charge is 0.356 e. The molecule has 0 unspecified atom stereocenters. The number of alkyl halides is 1. The average Bonchev–Trinajstić information content (AvgIpc) is 2.91. The predicted octanol–water partition coefficient (Wildman–Crippen LogP) is 3.75. The molecule has 1 amide bonds. The molecule has 5 heteroatoms. The third-order valence-electron chi connectivity index (χ3n) is 3.17. The Morgan fingerprint density at radius 3 is 2.67 bits per heavy atom. The summed E-state index contributed by atoms with van der Waals surface area (Å²) < 4.78 is 5.19. The molecule has 1 N–H and O–H groups in total. The minimum Gasteiger partial charge on any atom is -0.356 e. The first-order chi connectivity index (χ1) is 10.3. The molecule has 0 aliphatic rings. The summed E-state index contributed by atoms with van der Waals surface area (Å²) >= 11 is 5.73. The number of anilines is 1. The molecule has 0 radical (unpaired) electrons. The van der Waals surface area contributed by atoms with E-state index in [-0.39, 0.29) is 12.3 Å². The third-order valence-corrected chi connectivity index (χ3v) is 3.48. The van der Waals surface area contributed by atoms with Gasteiger partial charge >= 0.3 is 0 Å². The molecule has 0 saturated heterocycles. The van der Waals surface area contributed by atoms with Crippen LogP contribution in [0, 0.1) is 0 Å². The van der Waals surface area contributed by atoms with E-state index in [4.69, 9.17) is 16.1 Å². The molecule has 106 valence electrons. The van der Waals surface area contributed by atoms with Crippen molar-refractivity contribution in [1.29, 1.82) is 0 Å². The number of halogens is 1. The summed E-state index contributed by atoms with van der Waals surface area (Å²) in [5, 5.41) is 7.65. The zero-order valence-corrected chi connectivity index (χ0v) is 11.9. The Kier molecular flexibility index (Phi) is 3.88. The zero-order chi connectivity index (χ0) is 14.7. The molecular formula is C16H13ClN2O2. The van der Waals surface area contributed by atoms with Gasteiger partial charge in [-0.2, -0.15) is 0 Å². The molecule has 4 nitrogen and oxygen atoms in total. The first kappa shape index (κ1) is 13.6. The Morgan fingerprint density at radius 2 is 1.90 bits per heavy atom. The van der Waals surface area contributed by atoms with Crippen LogP contribution in [0.2, 0.25) is 0 Å². The highest BCUT2D eigenvalue weighted by molar-refractivity contribution is 6.17. The van der Waals surface area contributed by atoms with Gasteiger partial charge in [-0.15, -0.1) is 11.6 Å². The predicted molar refractivity (Wildman–Crippen MR) is 82.3 cm³/mol. The van der Waals surface area contributed by atoms with Crippen LogP contribution in [0.15, 0.2) is 53.1 Å². The van der Waals surface area contributed by atoms with Gasteiger partial charge in [0.05, 0.1) is 6.42 Å². The molecule has 0 saturated carbocycles. The van der Waals surface area contributed by atoms with E-state index < -0.39 is 0 Å². The number of rotatable bonds is 4. The molecule has 21 heavy (non-hydrogen) atoms. The lowest BCUT2D eigenvalue weighted by Crippen LogP contribution is -2.14. The number of fused-ring (bicyclic) bond motifs is 1. The van der Waals surface area contributed by atoms with Gasteiger partial charge < -0.3 is 9.84 Å². The number of amides is 1. The Labute approximate surface area is 126 Å². The molecule has 0 spiro atoms. The fourth-order valence-corrected chi connectivity index (χ4v) is 2.28. The van der Waals surface area contributed by atoms with Crippen LogP contribution in [0.25, 0.3) is 11.0 Å². The molecule has 1 heterocycles. The summed E-state index contributed by atoms with van der Waals surface area (Å²) in [6.45, 7) is 0. The number of carbonyl (C=O) groups is 1. The van der Waals surface area contributed by atoms with Gasteiger partial charge in [0.25, 0.3) is 0 Å². The van der Waals surface area contributed by atoms with Gasteiger partial charge in [-0.25, -0.2) is 0 Å². The maximum atomic E-state index is 12.1. The monoisotopic (exact) mass is 300 g/mol. The lowest BCUT2D eigenvalue weighted by atomic mass is 10.1. The van der Waals surface area contributed by atoms with Crippen LogP contribution in [0.3, 0.4) is 0 Å². The molecule has 3 aromatic rings. The molecule has 3 rings (SSSR count). The minimum absolute atomic E-state index is 0.132. The van der Waals surface area contributed by atoms with Crippen LogP contribution < -0.4 is 5.32 Å². The fourth-order valence-electron chi connectivity index (χ4n) is 2.10. The standard InChI is InChI=1S/C16H13ClN2O2/c17-10-11-5-7-12(8-6-11)18-16(20)9-14-13-3-1-2-4-15(13)21-19-14/h1-8H,9-10H2,(H,18,20). The van der Waals surface area contributed by atoms with Crippen LogP contribution >= 0.6 is 11.6 Å². The second-order valence-corrected chi connectivity index (χ2v) is 4.95. The van der Waals surface area contributed by atoms with Gasteiger partial charge in [0.2, 0.25) is 5.91 Å². The van der Waals surface area contributed by atoms with Crippen LogP contribution in [-0.2, 0) is 17.1 Å². The summed E-state index contributed by atoms with van der Waals surface area (Å²) in [6.07, 6.45) is 0.175. The normalized spacial score (nSPS) is 10.7. The van der Waals surface area contributed by atoms with Crippen molar-refractivity contribution in [3.8, 4) is 0 Å². The van der Waals surface area contributed by atoms with Crippen molar-refractivity contribution in [2.45, 2.75) is 12.3 Å². The van der Waals surface area contributed by atoms with Crippen LogP contribution in [0.5, 0.6) is 0 Å². The second kappa shape index (κ2) is 5.97. The Balaban J connectivity index is 1.71. The van der Waals surface area contributed by atoms with Crippen molar-refractivity contribution in [2.75, 3.05) is 5.32 Å². The van der Waals surface area contributed by atoms with E-state index in [0.717, 1.165) is 16.6 Å². The smallest absolute Gasteiger partial charge is 0.230 e. The van der Waals surface area contributed by atoms with Gasteiger partial charge in [-0.3, -0.25) is 4.79 Å². The summed E-state index contributed by atoms with van der Waals surface area (Å²) in [6, 6.07) is 14.9. The third kappa shape index (κ3) is 3.06. The highest BCUT2D eigenvalue weighted by atomic mass is 35.5. The van der Waals surface area contributed by atoms with Crippen LogP contribution in [0.1, 0.15) is 11.3 Å². The maximum absolute atomic E-state index is 12.1. The highest BCUT2D eigenvalue weighted by Gasteiger charge is 2.12. The Bertz CT molecular complexity index is 765. The topological polar surface area (TPSA) is 55.1 Å². The number of aromatic nitrogens is 1. The van der Waals surface area contributed by atoms with Gasteiger partial charge in [-0.1, -0.05) is 29.4 Å². The van der Waals surface area contributed by atoms with Crippen LogP contribution in [-0.4, -0.2) is 11.1 Å². The van der Waals surface area contributed by atoms with Crippen molar-refractivity contribution in [3.63, 3.8) is 0 Å². The van der Waals surface area contributed by atoms with Crippen molar-refractivity contribution >= 4 is 34.2 Å². The SMILES string of the molecule is O=C(Cc1noc2ccccc12)Nc1ccc(CCl)cc1. The van der Waals surface area contributed by atoms with E-state index in [0.29, 0.717) is 17.2 Å². The van der Waals surface area contributed by atoms with Gasteiger partial charge in [0.1, 0.15) is 5.69 Å². The molecular weight excluding hydrogens is 288 g/mol. The van der Waals surface area contributed by atoms with E-state index in [1.165, 1.54) is 0 Å². The minimum atomic E-state index is -0.132. The second-order valence-electron chi connectivity index (χ2n) is 4.68. The number of nitrogens with zero attached hydrogens (tertiary/aromatic N) is 1. The number of hydrogen-bond acceptors (Lipinski definition) is 3. The Hall–Kier alpha value is -2.33. The van der Waals surface area contributed by atoms with Gasteiger partial charge in [-0.05, 0) is 29.8 Å². The van der Waals surface area contributed by atoms with Crippen molar-refractivity contribution in [3.05, 3.63) is 59.8 Å². The van der Waals surface area contributed by atoms with E-state index in [2.05, 4.69) is 10.5 Å². The quantitative estimate of drug-likeness (QED) is 0.747. The molecule has 0 aliphatic heterocycles.